The molecular formula is C55H74Cl2O13Si. The molecule has 0 spiro atoms. The molecule has 2 unspecified atom stereocenters. The van der Waals surface area contributed by atoms with E-state index in [0.29, 0.717) is 72.6 Å². The summed E-state index contributed by atoms with van der Waals surface area (Å²) in [5.74, 6) is -1.33. The first-order valence-electron chi connectivity index (χ1n) is 25.1. The molecule has 71 heavy (non-hydrogen) atoms. The number of ether oxygens (including phenoxy) is 7. The molecule has 2 aliphatic heterocycles. The normalized spacial score (nSPS) is 28.8. The minimum absolute atomic E-state index is 0.0529. The molecule has 2 heterocycles. The summed E-state index contributed by atoms with van der Waals surface area (Å²) in [7, 11) is -0.637. The largest absolute Gasteiger partial charge is 0.491 e. The number of benzene rings is 4. The molecule has 2 saturated heterocycles. The zero-order valence-electron chi connectivity index (χ0n) is 42.1. The molecule has 390 valence electrons. The van der Waals surface area contributed by atoms with Crippen molar-refractivity contribution in [3.05, 3.63) is 128 Å². The monoisotopic (exact) mass is 1040 g/mol. The van der Waals surface area contributed by atoms with Gasteiger partial charge in [-0.05, 0) is 147 Å². The predicted molar refractivity (Wildman–Crippen MR) is 275 cm³/mol. The fraction of sp³-hybridized carbons (Fsp3) is 0.564. The molecule has 16 heteroatoms. The number of aliphatic hydroxyl groups is 5. The fourth-order valence-electron chi connectivity index (χ4n) is 9.22. The van der Waals surface area contributed by atoms with Crippen molar-refractivity contribution in [1.29, 1.82) is 0 Å². The first-order chi connectivity index (χ1) is 33.9. The Hall–Kier alpha value is -3.16. The van der Waals surface area contributed by atoms with E-state index in [1.54, 1.807) is 18.2 Å². The van der Waals surface area contributed by atoms with E-state index in [2.05, 4.69) is 52.5 Å². The number of hydrogen-bond donors (Lipinski definition) is 5. The lowest BCUT2D eigenvalue weighted by molar-refractivity contribution is -0.366. The van der Waals surface area contributed by atoms with Gasteiger partial charge in [-0.1, -0.05) is 80.4 Å². The van der Waals surface area contributed by atoms with Gasteiger partial charge in [-0.3, -0.25) is 0 Å². The average molecular weight is 1040 g/mol. The van der Waals surface area contributed by atoms with Gasteiger partial charge in [0.1, 0.15) is 55.2 Å². The minimum Gasteiger partial charge on any atom is -0.491 e. The molecule has 2 saturated carbocycles. The summed E-state index contributed by atoms with van der Waals surface area (Å²) in [6.45, 7) is 14.6. The van der Waals surface area contributed by atoms with Crippen molar-refractivity contribution >= 4 is 31.5 Å². The van der Waals surface area contributed by atoms with E-state index < -0.39 is 57.0 Å². The second-order valence-corrected chi connectivity index (χ2v) is 25.6. The molecule has 0 radical (unpaired) electrons. The molecule has 0 aromatic heterocycles. The molecule has 4 aliphatic rings. The van der Waals surface area contributed by atoms with E-state index in [0.717, 1.165) is 53.0 Å². The van der Waals surface area contributed by atoms with E-state index in [1.165, 1.54) is 20.0 Å². The molecule has 4 fully saturated rings. The Bertz CT molecular complexity index is 2310. The maximum atomic E-state index is 12.1. The fourth-order valence-corrected chi connectivity index (χ4v) is 10.7. The topological polar surface area (TPSA) is 175 Å². The van der Waals surface area contributed by atoms with Gasteiger partial charge in [0.05, 0.1) is 38.1 Å². The minimum atomic E-state index is -1.96. The third-order valence-electron chi connectivity index (χ3n) is 13.7. The van der Waals surface area contributed by atoms with E-state index >= 15 is 0 Å². The van der Waals surface area contributed by atoms with Crippen LogP contribution in [-0.2, 0) is 52.5 Å². The van der Waals surface area contributed by atoms with Crippen molar-refractivity contribution in [2.45, 2.75) is 146 Å². The summed E-state index contributed by atoms with van der Waals surface area (Å²) in [6, 6.07) is 26.5. The number of rotatable bonds is 21. The maximum absolute atomic E-state index is 12.1. The summed E-state index contributed by atoms with van der Waals surface area (Å²) in [5, 5.41) is 54.1. The highest BCUT2D eigenvalue weighted by molar-refractivity contribution is 6.69. The van der Waals surface area contributed by atoms with E-state index in [4.69, 9.17) is 60.8 Å². The van der Waals surface area contributed by atoms with Gasteiger partial charge in [0.2, 0.25) is 11.6 Å². The lowest BCUT2D eigenvalue weighted by atomic mass is 9.77. The van der Waals surface area contributed by atoms with Crippen molar-refractivity contribution in [1.82, 2.24) is 0 Å². The highest BCUT2D eigenvalue weighted by Gasteiger charge is 2.56. The van der Waals surface area contributed by atoms with Gasteiger partial charge in [-0.15, -0.1) is 0 Å². The predicted octanol–water partition coefficient (Wildman–Crippen LogP) is 8.70. The van der Waals surface area contributed by atoms with E-state index in [9.17, 15) is 25.5 Å². The first kappa shape index (κ1) is 55.6. The Morgan fingerprint density at radius 1 is 0.648 bits per heavy atom. The molecular weight excluding hydrogens is 968 g/mol. The molecule has 5 N–H and O–H groups in total. The second-order valence-electron chi connectivity index (χ2n) is 20.4. The second kappa shape index (κ2) is 24.5. The van der Waals surface area contributed by atoms with Crippen molar-refractivity contribution in [2.75, 3.05) is 40.1 Å². The standard InChI is InChI=1S/C30H43ClO5Si.C25H31ClO8/c1-7-28-20(2)21(3)29(36-37(4,5)6)30(32,35-28)24-10-15-27(31)23(19-24)18-22-8-11-25(12-9-22)33-16-17-34-26-13-14-26;1-31-25(24(30)23(29)22(28)21(14-27)34-25)17-4-9-20(26)16(13-17)12-15-2-5-18(6-3-15)32-10-11-33-19-7-8-19/h8-12,15,19-21,26,28-29,32H,7,13-14,16-18H2,1-6H3;2-6,9,13,19,21-24,27-30H,7-8,10-12,14H2,1H3/t20-,21-,28+,29+,30?;21-,22-,23+,24-,25?/m01/s1. The van der Waals surface area contributed by atoms with Crippen LogP contribution in [0.4, 0.5) is 0 Å². The Labute approximate surface area is 430 Å². The Morgan fingerprint density at radius 3 is 1.59 bits per heavy atom. The maximum Gasteiger partial charge on any atom is 0.224 e. The van der Waals surface area contributed by atoms with Crippen LogP contribution in [0, 0.1) is 11.8 Å². The Kier molecular flexibility index (Phi) is 19.1. The van der Waals surface area contributed by atoms with Gasteiger partial charge >= 0.3 is 0 Å². The summed E-state index contributed by atoms with van der Waals surface area (Å²) in [4.78, 5) is 0. The van der Waals surface area contributed by atoms with Gasteiger partial charge in [0, 0.05) is 28.3 Å². The molecule has 4 aromatic carbocycles. The number of hydrogen-bond acceptors (Lipinski definition) is 13. The zero-order chi connectivity index (χ0) is 51.1. The van der Waals surface area contributed by atoms with Gasteiger partial charge in [0.25, 0.3) is 0 Å². The molecule has 8 rings (SSSR count). The lowest BCUT2D eigenvalue weighted by Gasteiger charge is -2.51. The van der Waals surface area contributed by atoms with Crippen molar-refractivity contribution < 1.29 is 63.1 Å². The summed E-state index contributed by atoms with van der Waals surface area (Å²) in [6.07, 6.45) is 1.15. The van der Waals surface area contributed by atoms with Crippen molar-refractivity contribution in [3.63, 3.8) is 0 Å². The first-order valence-corrected chi connectivity index (χ1v) is 29.2. The van der Waals surface area contributed by atoms with Crippen LogP contribution in [0.15, 0.2) is 84.9 Å². The van der Waals surface area contributed by atoms with Gasteiger partial charge < -0.3 is 63.1 Å². The molecule has 4 aromatic rings. The van der Waals surface area contributed by atoms with E-state index in [-0.39, 0.29) is 17.9 Å². The van der Waals surface area contributed by atoms with Crippen molar-refractivity contribution in [2.24, 2.45) is 11.8 Å². The number of methoxy groups -OCH3 is 1. The van der Waals surface area contributed by atoms with Gasteiger partial charge in [0.15, 0.2) is 8.32 Å². The molecule has 10 atom stereocenters. The van der Waals surface area contributed by atoms with Crippen molar-refractivity contribution in [3.8, 4) is 11.5 Å². The van der Waals surface area contributed by atoms with E-state index in [1.807, 2.05) is 54.6 Å². The number of aliphatic hydroxyl groups excluding tert-OH is 4. The summed E-state index contributed by atoms with van der Waals surface area (Å²) < 4.78 is 47.1. The number of halogens is 2. The zero-order valence-corrected chi connectivity index (χ0v) is 44.6. The van der Waals surface area contributed by atoms with Gasteiger partial charge in [-0.2, -0.15) is 0 Å². The van der Waals surface area contributed by atoms with Crippen LogP contribution in [0.3, 0.4) is 0 Å². The quantitative estimate of drug-likeness (QED) is 0.0397. The molecule has 2 aliphatic carbocycles. The summed E-state index contributed by atoms with van der Waals surface area (Å²) >= 11 is 13.1. The van der Waals surface area contributed by atoms with Gasteiger partial charge in [-0.25, -0.2) is 0 Å². The molecule has 0 amide bonds. The SMILES string of the molecule is CC[C@H]1OC(O)(c2ccc(Cl)c(Cc3ccc(OCCOC4CC4)cc3)c2)[C@H](O[Si](C)(C)C)[C@@H](C)[C@@H]1C.COC1(c2ccc(Cl)c(Cc3ccc(OCCOC4CC4)cc3)c2)O[C@H](CO)[C@@H](O)[C@H](O)[C@H]1O. The highest BCUT2D eigenvalue weighted by Crippen LogP contribution is 2.46. The Balaban J connectivity index is 0.000000209. The van der Waals surface area contributed by atoms with Crippen LogP contribution in [0.25, 0.3) is 0 Å². The van der Waals surface area contributed by atoms with Crippen LogP contribution < -0.4 is 9.47 Å². The third kappa shape index (κ3) is 14.2. The highest BCUT2D eigenvalue weighted by atomic mass is 35.5. The van der Waals surface area contributed by atoms with Crippen LogP contribution in [0.2, 0.25) is 29.7 Å². The van der Waals surface area contributed by atoms with Crippen LogP contribution >= 0.6 is 23.2 Å². The molecule has 13 nitrogen and oxygen atoms in total. The third-order valence-corrected chi connectivity index (χ3v) is 15.4. The average Bonchev–Trinajstić information content (AvgIpc) is 4.31. The lowest BCUT2D eigenvalue weighted by Crippen LogP contribution is -2.64. The van der Waals surface area contributed by atoms with Crippen LogP contribution in [0.1, 0.15) is 86.3 Å². The molecule has 0 bridgehead atoms. The van der Waals surface area contributed by atoms with Crippen LogP contribution in [-0.4, -0.2) is 123 Å². The summed E-state index contributed by atoms with van der Waals surface area (Å²) in [5.41, 5.74) is 4.89. The van der Waals surface area contributed by atoms with Crippen LogP contribution in [0.5, 0.6) is 11.5 Å². The Morgan fingerprint density at radius 2 is 1.14 bits per heavy atom. The smallest absolute Gasteiger partial charge is 0.224 e.